The number of hydrogen-bond donors (Lipinski definition) is 1. The summed E-state index contributed by atoms with van der Waals surface area (Å²) in [6.07, 6.45) is 5.97. The highest BCUT2D eigenvalue weighted by Gasteiger charge is 2.23. The molecule has 0 radical (unpaired) electrons. The van der Waals surface area contributed by atoms with Crippen molar-refractivity contribution < 1.29 is 9.84 Å². The molecular formula is C30H41N3O2. The highest BCUT2D eigenvalue weighted by molar-refractivity contribution is 5.90. The van der Waals surface area contributed by atoms with Gasteiger partial charge in [-0.25, -0.2) is 4.98 Å². The number of ether oxygens (including phenoxy) is 1. The highest BCUT2D eigenvalue weighted by Crippen LogP contribution is 2.33. The zero-order chi connectivity index (χ0) is 25.8. The van der Waals surface area contributed by atoms with Crippen molar-refractivity contribution >= 4 is 16.5 Å². The molecule has 0 atom stereocenters. The number of aromatic nitrogens is 1. The molecule has 188 valence electrons. The molecule has 0 aliphatic carbocycles. The first-order valence-electron chi connectivity index (χ1n) is 13.0. The Morgan fingerprint density at radius 3 is 2.29 bits per heavy atom. The fourth-order valence-electron chi connectivity index (χ4n) is 4.20. The van der Waals surface area contributed by atoms with Crippen LogP contribution < -0.4 is 9.64 Å². The molecule has 0 spiro atoms. The number of piperidine rings is 1. The molecule has 3 aromatic rings. The van der Waals surface area contributed by atoms with E-state index in [1.807, 2.05) is 47.6 Å². The fraction of sp³-hybridized carbons (Fsp3) is 0.467. The number of anilines is 1. The molecule has 0 amide bonds. The van der Waals surface area contributed by atoms with Crippen LogP contribution in [0.25, 0.3) is 21.9 Å². The van der Waals surface area contributed by atoms with E-state index in [1.54, 1.807) is 6.20 Å². The van der Waals surface area contributed by atoms with Gasteiger partial charge in [-0.2, -0.15) is 5.26 Å². The fourth-order valence-corrected chi connectivity index (χ4v) is 4.20. The zero-order valence-corrected chi connectivity index (χ0v) is 22.3. The molecule has 5 nitrogen and oxygen atoms in total. The van der Waals surface area contributed by atoms with Gasteiger partial charge in [-0.3, -0.25) is 0 Å². The third-order valence-electron chi connectivity index (χ3n) is 5.97. The molecule has 1 aromatic heterocycles. The molecule has 1 fully saturated rings. The molecule has 35 heavy (non-hydrogen) atoms. The summed E-state index contributed by atoms with van der Waals surface area (Å²) >= 11 is 0. The molecule has 2 heterocycles. The van der Waals surface area contributed by atoms with Gasteiger partial charge in [0.2, 0.25) is 5.88 Å². The molecule has 0 bridgehead atoms. The maximum atomic E-state index is 9.86. The molecule has 1 N–H and O–H groups in total. The van der Waals surface area contributed by atoms with E-state index in [0.29, 0.717) is 17.9 Å². The average molecular weight is 476 g/mol. The van der Waals surface area contributed by atoms with E-state index >= 15 is 0 Å². The second kappa shape index (κ2) is 13.7. The van der Waals surface area contributed by atoms with Gasteiger partial charge in [0.05, 0.1) is 0 Å². The lowest BCUT2D eigenvalue weighted by atomic mass is 9.98. The molecular weight excluding hydrogens is 434 g/mol. The third kappa shape index (κ3) is 7.19. The maximum Gasteiger partial charge on any atom is 0.232 e. The predicted molar refractivity (Wildman–Crippen MR) is 147 cm³/mol. The van der Waals surface area contributed by atoms with Gasteiger partial charge in [-0.1, -0.05) is 45.9 Å². The number of pyridine rings is 1. The first-order valence-corrected chi connectivity index (χ1v) is 13.0. The van der Waals surface area contributed by atoms with Crippen LogP contribution in [-0.4, -0.2) is 35.4 Å². The van der Waals surface area contributed by atoms with E-state index in [-0.39, 0.29) is 6.61 Å². The SMILES string of the molecule is CC.CC.CC(C)(CCO)Oc1nccc(-c2ccc3cc(N4CCCCC4)ccc3c2)c1C#N. The summed E-state index contributed by atoms with van der Waals surface area (Å²) in [6, 6.07) is 17.0. The van der Waals surface area contributed by atoms with Crippen molar-refractivity contribution in [2.45, 2.75) is 72.8 Å². The summed E-state index contributed by atoms with van der Waals surface area (Å²) in [7, 11) is 0. The van der Waals surface area contributed by atoms with E-state index < -0.39 is 5.60 Å². The Bertz CT molecular complexity index is 1110. The van der Waals surface area contributed by atoms with Crippen LogP contribution in [0, 0.1) is 11.3 Å². The van der Waals surface area contributed by atoms with Crippen LogP contribution in [-0.2, 0) is 0 Å². The van der Waals surface area contributed by atoms with Crippen LogP contribution in [0.15, 0.2) is 48.7 Å². The monoisotopic (exact) mass is 475 g/mol. The van der Waals surface area contributed by atoms with E-state index in [2.05, 4.69) is 52.4 Å². The first-order chi connectivity index (χ1) is 17.0. The van der Waals surface area contributed by atoms with Crippen LogP contribution in [0.5, 0.6) is 5.88 Å². The van der Waals surface area contributed by atoms with Crippen LogP contribution in [0.1, 0.15) is 72.8 Å². The van der Waals surface area contributed by atoms with Crippen molar-refractivity contribution in [2.24, 2.45) is 0 Å². The Morgan fingerprint density at radius 1 is 0.971 bits per heavy atom. The van der Waals surface area contributed by atoms with E-state index in [4.69, 9.17) is 4.74 Å². The number of hydrogen-bond acceptors (Lipinski definition) is 5. The molecule has 4 rings (SSSR count). The summed E-state index contributed by atoms with van der Waals surface area (Å²) in [5.41, 5.74) is 2.85. The number of nitrogens with zero attached hydrogens (tertiary/aromatic N) is 3. The second-order valence-corrected chi connectivity index (χ2v) is 8.78. The topological polar surface area (TPSA) is 69.4 Å². The summed E-state index contributed by atoms with van der Waals surface area (Å²) in [6.45, 7) is 14.0. The molecule has 0 saturated carbocycles. The lowest BCUT2D eigenvalue weighted by Crippen LogP contribution is -2.30. The van der Waals surface area contributed by atoms with Gasteiger partial charge in [-0.15, -0.1) is 0 Å². The first kappa shape index (κ1) is 28.1. The Balaban J connectivity index is 0.00000103. The molecule has 5 heteroatoms. The molecule has 2 aromatic carbocycles. The van der Waals surface area contributed by atoms with Crippen molar-refractivity contribution in [3.63, 3.8) is 0 Å². The van der Waals surface area contributed by atoms with E-state index in [0.717, 1.165) is 29.6 Å². The molecule has 0 unspecified atom stereocenters. The minimum atomic E-state index is -0.611. The molecule has 1 saturated heterocycles. The standard InChI is InChI=1S/C26H29N3O2.2C2H6/c1-26(2,11-15-30)31-25-24(18-27)23(10-12-28-25)21-7-6-20-17-22(9-8-19(20)16-21)29-13-4-3-5-14-29;2*1-2/h6-10,12,16-17,30H,3-5,11,13-15H2,1-2H3;2*1-2H3. The minimum Gasteiger partial charge on any atom is -0.471 e. The molecule has 1 aliphatic heterocycles. The van der Waals surface area contributed by atoms with E-state index in [9.17, 15) is 10.4 Å². The van der Waals surface area contributed by atoms with Crippen LogP contribution in [0.2, 0.25) is 0 Å². The van der Waals surface area contributed by atoms with Gasteiger partial charge in [0.15, 0.2) is 0 Å². The summed E-state index contributed by atoms with van der Waals surface area (Å²) in [4.78, 5) is 6.76. The Kier molecular flexibility index (Phi) is 11.0. The van der Waals surface area contributed by atoms with Crippen molar-refractivity contribution in [1.82, 2.24) is 4.98 Å². The normalized spacial score (nSPS) is 13.1. The number of rotatable bonds is 6. The Hall–Kier alpha value is -3.10. The number of fused-ring (bicyclic) bond motifs is 1. The van der Waals surface area contributed by atoms with Crippen LogP contribution in [0.4, 0.5) is 5.69 Å². The van der Waals surface area contributed by atoms with E-state index in [1.165, 1.54) is 30.3 Å². The number of nitriles is 1. The van der Waals surface area contributed by atoms with Crippen molar-refractivity contribution in [2.75, 3.05) is 24.6 Å². The second-order valence-electron chi connectivity index (χ2n) is 8.78. The third-order valence-corrected chi connectivity index (χ3v) is 5.97. The lowest BCUT2D eigenvalue weighted by molar-refractivity contribution is 0.0714. The Morgan fingerprint density at radius 2 is 1.63 bits per heavy atom. The van der Waals surface area contributed by atoms with Gasteiger partial charge in [0.1, 0.15) is 17.2 Å². The van der Waals surface area contributed by atoms with Gasteiger partial charge in [0, 0.05) is 43.6 Å². The van der Waals surface area contributed by atoms with Crippen molar-refractivity contribution in [3.8, 4) is 23.1 Å². The van der Waals surface area contributed by atoms with Gasteiger partial charge in [0.25, 0.3) is 0 Å². The summed E-state index contributed by atoms with van der Waals surface area (Å²) < 4.78 is 6.00. The number of benzene rings is 2. The zero-order valence-electron chi connectivity index (χ0n) is 22.3. The lowest BCUT2D eigenvalue weighted by Gasteiger charge is -2.29. The van der Waals surface area contributed by atoms with Gasteiger partial charge < -0.3 is 14.7 Å². The Labute approximate surface area is 211 Å². The summed E-state index contributed by atoms with van der Waals surface area (Å²) in [5, 5.41) is 21.5. The largest absolute Gasteiger partial charge is 0.471 e. The smallest absolute Gasteiger partial charge is 0.232 e. The quantitative estimate of drug-likeness (QED) is 0.403. The predicted octanol–water partition coefficient (Wildman–Crippen LogP) is 7.36. The van der Waals surface area contributed by atoms with Gasteiger partial charge in [-0.05, 0) is 73.7 Å². The van der Waals surface area contributed by atoms with Gasteiger partial charge >= 0.3 is 0 Å². The average Bonchev–Trinajstić information content (AvgIpc) is 2.90. The van der Waals surface area contributed by atoms with Crippen molar-refractivity contribution in [1.29, 1.82) is 5.26 Å². The highest BCUT2D eigenvalue weighted by atomic mass is 16.5. The van der Waals surface area contributed by atoms with Crippen LogP contribution in [0.3, 0.4) is 0 Å². The minimum absolute atomic E-state index is 0.0126. The number of aliphatic hydroxyl groups is 1. The summed E-state index contributed by atoms with van der Waals surface area (Å²) in [5.74, 6) is 0.305. The van der Waals surface area contributed by atoms with Crippen LogP contribution >= 0.6 is 0 Å². The molecule has 1 aliphatic rings. The number of aliphatic hydroxyl groups excluding tert-OH is 1. The maximum absolute atomic E-state index is 9.86. The van der Waals surface area contributed by atoms with Crippen molar-refractivity contribution in [3.05, 3.63) is 54.2 Å².